The second-order valence-corrected chi connectivity index (χ2v) is 5.61. The molecule has 1 heterocycles. The van der Waals surface area contributed by atoms with Gasteiger partial charge in [-0.1, -0.05) is 20.3 Å². The van der Waals surface area contributed by atoms with Gasteiger partial charge < -0.3 is 10.6 Å². The van der Waals surface area contributed by atoms with Crippen molar-refractivity contribution in [1.82, 2.24) is 15.5 Å². The molecule has 1 saturated heterocycles. The summed E-state index contributed by atoms with van der Waals surface area (Å²) in [6, 6.07) is 2.38. The summed E-state index contributed by atoms with van der Waals surface area (Å²) >= 11 is 0. The maximum absolute atomic E-state index is 11.7. The lowest BCUT2D eigenvalue weighted by Gasteiger charge is -2.35. The summed E-state index contributed by atoms with van der Waals surface area (Å²) in [5, 5.41) is 14.5. The summed E-state index contributed by atoms with van der Waals surface area (Å²) in [5.41, 5.74) is 0. The van der Waals surface area contributed by atoms with Crippen LogP contribution in [-0.4, -0.2) is 49.6 Å². The van der Waals surface area contributed by atoms with Gasteiger partial charge in [-0.2, -0.15) is 5.26 Å². The van der Waals surface area contributed by atoms with Crippen LogP contribution in [0.3, 0.4) is 0 Å². The number of carbonyl (C=O) groups excluding carboxylic acids is 1. The largest absolute Gasteiger partial charge is 0.342 e. The number of nitrogens with zero attached hydrogens (tertiary/aromatic N) is 2. The molecule has 1 rings (SSSR count). The minimum atomic E-state index is -0.0442. The Kier molecular flexibility index (Phi) is 7.46. The van der Waals surface area contributed by atoms with Crippen LogP contribution < -0.4 is 10.6 Å². The number of carbonyl (C=O) groups is 1. The number of piperidine rings is 1. The molecule has 1 aliphatic rings. The molecule has 1 aliphatic heterocycles. The number of hydrogen-bond acceptors (Lipinski definition) is 4. The third kappa shape index (κ3) is 6.55. The molecule has 0 spiro atoms. The summed E-state index contributed by atoms with van der Waals surface area (Å²) in [6.07, 6.45) is 3.55. The Labute approximate surface area is 116 Å². The van der Waals surface area contributed by atoms with E-state index in [1.54, 1.807) is 0 Å². The van der Waals surface area contributed by atoms with E-state index in [9.17, 15) is 4.79 Å². The first-order valence-corrected chi connectivity index (χ1v) is 7.22. The molecule has 0 radical (unpaired) electrons. The van der Waals surface area contributed by atoms with E-state index in [0.29, 0.717) is 18.5 Å². The minimum absolute atomic E-state index is 0.0442. The van der Waals surface area contributed by atoms with Crippen molar-refractivity contribution in [2.75, 3.05) is 32.7 Å². The van der Waals surface area contributed by atoms with Crippen molar-refractivity contribution < 1.29 is 4.79 Å². The number of likely N-dealkylation sites (tertiary alicyclic amines) is 1. The van der Waals surface area contributed by atoms with E-state index >= 15 is 0 Å². The van der Waals surface area contributed by atoms with E-state index in [0.717, 1.165) is 32.5 Å². The molecular weight excluding hydrogens is 240 g/mol. The number of hydrogen-bond donors (Lipinski definition) is 2. The van der Waals surface area contributed by atoms with Gasteiger partial charge in [0.1, 0.15) is 6.54 Å². The SMILES string of the molecule is CC(C)CNCC1CCCCN1CC(=O)NCC#N. The van der Waals surface area contributed by atoms with Crippen LogP contribution in [-0.2, 0) is 4.79 Å². The van der Waals surface area contributed by atoms with Crippen LogP contribution in [0.5, 0.6) is 0 Å². The Balaban J connectivity index is 2.35. The van der Waals surface area contributed by atoms with Crippen LogP contribution in [0, 0.1) is 17.2 Å². The van der Waals surface area contributed by atoms with Crippen molar-refractivity contribution in [3.63, 3.8) is 0 Å². The molecule has 0 aromatic rings. The fraction of sp³-hybridized carbons (Fsp3) is 0.857. The first-order chi connectivity index (χ1) is 9.13. The quantitative estimate of drug-likeness (QED) is 0.667. The second-order valence-electron chi connectivity index (χ2n) is 5.61. The highest BCUT2D eigenvalue weighted by Crippen LogP contribution is 2.16. The average molecular weight is 266 g/mol. The van der Waals surface area contributed by atoms with E-state index in [1.807, 2.05) is 6.07 Å². The molecule has 1 atom stereocenters. The molecule has 0 saturated carbocycles. The molecule has 0 bridgehead atoms. The Bertz CT molecular complexity index is 311. The fourth-order valence-electron chi connectivity index (χ4n) is 2.42. The van der Waals surface area contributed by atoms with E-state index in [4.69, 9.17) is 5.26 Å². The second kappa shape index (κ2) is 8.89. The number of rotatable bonds is 7. The zero-order chi connectivity index (χ0) is 14.1. The van der Waals surface area contributed by atoms with Gasteiger partial charge >= 0.3 is 0 Å². The van der Waals surface area contributed by atoms with Gasteiger partial charge in [-0.25, -0.2) is 0 Å². The molecule has 1 fully saturated rings. The molecule has 5 nitrogen and oxygen atoms in total. The normalized spacial score (nSPS) is 20.2. The van der Waals surface area contributed by atoms with Crippen LogP contribution in [0.4, 0.5) is 0 Å². The smallest absolute Gasteiger partial charge is 0.235 e. The molecule has 0 aromatic heterocycles. The van der Waals surface area contributed by atoms with Gasteiger partial charge in [-0.05, 0) is 31.8 Å². The molecule has 5 heteroatoms. The summed E-state index contributed by atoms with van der Waals surface area (Å²) in [7, 11) is 0. The predicted molar refractivity (Wildman–Crippen MR) is 75.5 cm³/mol. The molecule has 19 heavy (non-hydrogen) atoms. The predicted octanol–water partition coefficient (Wildman–Crippen LogP) is 0.726. The lowest BCUT2D eigenvalue weighted by Crippen LogP contribution is -2.49. The molecule has 2 N–H and O–H groups in total. The molecule has 0 aliphatic carbocycles. The maximum atomic E-state index is 11.7. The van der Waals surface area contributed by atoms with E-state index in [1.165, 1.54) is 6.42 Å². The number of amides is 1. The molecule has 1 unspecified atom stereocenters. The van der Waals surface area contributed by atoms with Gasteiger partial charge in [-0.3, -0.25) is 9.69 Å². The van der Waals surface area contributed by atoms with Crippen LogP contribution in [0.1, 0.15) is 33.1 Å². The van der Waals surface area contributed by atoms with Gasteiger partial charge in [0.25, 0.3) is 0 Å². The fourth-order valence-corrected chi connectivity index (χ4v) is 2.42. The zero-order valence-corrected chi connectivity index (χ0v) is 12.1. The topological polar surface area (TPSA) is 68.2 Å². The number of nitrogens with one attached hydrogen (secondary N) is 2. The van der Waals surface area contributed by atoms with Crippen LogP contribution in [0.25, 0.3) is 0 Å². The molecule has 1 amide bonds. The zero-order valence-electron chi connectivity index (χ0n) is 12.1. The number of nitriles is 1. The maximum Gasteiger partial charge on any atom is 0.235 e. The Morgan fingerprint density at radius 3 is 2.95 bits per heavy atom. The third-order valence-corrected chi connectivity index (χ3v) is 3.39. The van der Waals surface area contributed by atoms with Crippen LogP contribution >= 0.6 is 0 Å². The van der Waals surface area contributed by atoms with Crippen molar-refractivity contribution in [2.24, 2.45) is 5.92 Å². The third-order valence-electron chi connectivity index (χ3n) is 3.39. The van der Waals surface area contributed by atoms with Gasteiger partial charge in [0.2, 0.25) is 5.91 Å². The monoisotopic (exact) mass is 266 g/mol. The summed E-state index contributed by atoms with van der Waals surface area (Å²) in [6.45, 7) is 7.85. The van der Waals surface area contributed by atoms with Crippen molar-refractivity contribution in [3.8, 4) is 6.07 Å². The summed E-state index contributed by atoms with van der Waals surface area (Å²) in [4.78, 5) is 13.9. The van der Waals surface area contributed by atoms with Crippen molar-refractivity contribution in [3.05, 3.63) is 0 Å². The van der Waals surface area contributed by atoms with Crippen LogP contribution in [0.2, 0.25) is 0 Å². The van der Waals surface area contributed by atoms with Gasteiger partial charge in [0.05, 0.1) is 12.6 Å². The lowest BCUT2D eigenvalue weighted by molar-refractivity contribution is -0.122. The lowest BCUT2D eigenvalue weighted by atomic mass is 10.0. The summed E-state index contributed by atoms with van der Waals surface area (Å²) < 4.78 is 0. The average Bonchev–Trinajstić information content (AvgIpc) is 2.38. The first kappa shape index (κ1) is 15.9. The minimum Gasteiger partial charge on any atom is -0.342 e. The van der Waals surface area contributed by atoms with Crippen molar-refractivity contribution >= 4 is 5.91 Å². The van der Waals surface area contributed by atoms with Crippen molar-refractivity contribution in [2.45, 2.75) is 39.2 Å². The Morgan fingerprint density at radius 1 is 1.47 bits per heavy atom. The summed E-state index contributed by atoms with van der Waals surface area (Å²) in [5.74, 6) is 0.605. The van der Waals surface area contributed by atoms with Crippen molar-refractivity contribution in [1.29, 1.82) is 5.26 Å². The Hall–Kier alpha value is -1.12. The Morgan fingerprint density at radius 2 is 2.26 bits per heavy atom. The van der Waals surface area contributed by atoms with E-state index < -0.39 is 0 Å². The van der Waals surface area contributed by atoms with Gasteiger partial charge in [-0.15, -0.1) is 0 Å². The highest BCUT2D eigenvalue weighted by atomic mass is 16.2. The van der Waals surface area contributed by atoms with Crippen LogP contribution in [0.15, 0.2) is 0 Å². The first-order valence-electron chi connectivity index (χ1n) is 7.22. The van der Waals surface area contributed by atoms with Gasteiger partial charge in [0, 0.05) is 12.6 Å². The van der Waals surface area contributed by atoms with E-state index in [-0.39, 0.29) is 12.5 Å². The molecule has 0 aromatic carbocycles. The van der Waals surface area contributed by atoms with Gasteiger partial charge in [0.15, 0.2) is 0 Å². The van der Waals surface area contributed by atoms with E-state index in [2.05, 4.69) is 29.4 Å². The molecule has 108 valence electrons. The standard InChI is InChI=1S/C14H26N4O/c1-12(2)9-16-10-13-5-3-4-8-18(13)11-14(19)17-7-6-15/h12-13,16H,3-5,7-11H2,1-2H3,(H,17,19). The molecular formula is C14H26N4O. The highest BCUT2D eigenvalue weighted by Gasteiger charge is 2.23. The highest BCUT2D eigenvalue weighted by molar-refractivity contribution is 5.78.